The molecule has 33 heavy (non-hydrogen) atoms. The highest BCUT2D eigenvalue weighted by atomic mass is 16.2. The Hall–Kier alpha value is -2.62. The summed E-state index contributed by atoms with van der Waals surface area (Å²) in [7, 11) is 1.81. The zero-order valence-corrected chi connectivity index (χ0v) is 20.4. The van der Waals surface area contributed by atoms with Crippen LogP contribution in [0.2, 0.25) is 0 Å². The van der Waals surface area contributed by atoms with Crippen LogP contribution in [-0.2, 0) is 15.0 Å². The average molecular weight is 445 g/mol. The van der Waals surface area contributed by atoms with Crippen molar-refractivity contribution in [1.29, 1.82) is 0 Å². The molecule has 4 aliphatic carbocycles. The first-order valence-corrected chi connectivity index (χ1v) is 12.4. The second kappa shape index (κ2) is 8.00. The van der Waals surface area contributed by atoms with Gasteiger partial charge in [-0.15, -0.1) is 0 Å². The third-order valence-corrected chi connectivity index (χ3v) is 8.57. The van der Waals surface area contributed by atoms with E-state index in [4.69, 9.17) is 0 Å². The molecule has 4 heteroatoms. The van der Waals surface area contributed by atoms with E-state index in [1.807, 2.05) is 20.9 Å². The Balaban J connectivity index is 1.33. The number of aryl methyl sites for hydroxylation is 3. The summed E-state index contributed by atoms with van der Waals surface area (Å²) >= 11 is 0. The standard InChI is InChI=1S/C29H36N2O2/c1-19-10-20(2)26(21(3)11-19)30-25(32)17-31(4)27(33)29-15-22-12-23(16-29)14-28(13-22,18-29)24-8-6-5-7-9-24/h5-11,22-23H,12-18H2,1-4H3,(H,30,32)/t22-,23+,28?,29?. The summed E-state index contributed by atoms with van der Waals surface area (Å²) in [5, 5.41) is 3.07. The molecule has 4 saturated carbocycles. The lowest BCUT2D eigenvalue weighted by atomic mass is 9.42. The molecule has 0 saturated heterocycles. The number of hydrogen-bond donors (Lipinski definition) is 1. The van der Waals surface area contributed by atoms with Crippen LogP contribution in [0.5, 0.6) is 0 Å². The molecular formula is C29H36N2O2. The van der Waals surface area contributed by atoms with Gasteiger partial charge in [0.25, 0.3) is 0 Å². The first-order valence-electron chi connectivity index (χ1n) is 12.4. The summed E-state index contributed by atoms with van der Waals surface area (Å²) in [5.41, 5.74) is 5.38. The molecule has 2 unspecified atom stereocenters. The van der Waals surface area contributed by atoms with Crippen molar-refractivity contribution in [2.45, 2.75) is 64.7 Å². The molecule has 0 radical (unpaired) electrons. The number of benzene rings is 2. The van der Waals surface area contributed by atoms with Crippen molar-refractivity contribution in [1.82, 2.24) is 4.90 Å². The maximum atomic E-state index is 13.9. The highest BCUT2D eigenvalue weighted by molar-refractivity contribution is 5.96. The van der Waals surface area contributed by atoms with E-state index in [1.54, 1.807) is 4.90 Å². The molecular weight excluding hydrogens is 408 g/mol. The minimum Gasteiger partial charge on any atom is -0.336 e. The summed E-state index contributed by atoms with van der Waals surface area (Å²) in [5.74, 6) is 1.29. The lowest BCUT2D eigenvalue weighted by molar-refractivity contribution is -0.159. The lowest BCUT2D eigenvalue weighted by Gasteiger charge is -2.62. The van der Waals surface area contributed by atoms with Gasteiger partial charge in [-0.05, 0) is 93.2 Å². The fourth-order valence-electron chi connectivity index (χ4n) is 7.89. The van der Waals surface area contributed by atoms with E-state index in [2.05, 4.69) is 54.7 Å². The van der Waals surface area contributed by atoms with Gasteiger partial charge in [0.15, 0.2) is 0 Å². The van der Waals surface area contributed by atoms with E-state index >= 15 is 0 Å². The van der Waals surface area contributed by atoms with E-state index < -0.39 is 0 Å². The van der Waals surface area contributed by atoms with Crippen LogP contribution < -0.4 is 5.32 Å². The lowest BCUT2D eigenvalue weighted by Crippen LogP contribution is -2.59. The maximum absolute atomic E-state index is 13.9. The number of amides is 2. The number of anilines is 1. The molecule has 2 aromatic carbocycles. The first-order chi connectivity index (χ1) is 15.7. The van der Waals surface area contributed by atoms with Crippen molar-refractivity contribution < 1.29 is 9.59 Å². The van der Waals surface area contributed by atoms with Gasteiger partial charge in [-0.2, -0.15) is 0 Å². The third kappa shape index (κ3) is 3.88. The van der Waals surface area contributed by atoms with Gasteiger partial charge < -0.3 is 10.2 Å². The number of nitrogens with zero attached hydrogens (tertiary/aromatic N) is 1. The Bertz CT molecular complexity index is 1050. The van der Waals surface area contributed by atoms with Gasteiger partial charge in [0.2, 0.25) is 11.8 Å². The number of carbonyl (C=O) groups excluding carboxylic acids is 2. The van der Waals surface area contributed by atoms with E-state index in [9.17, 15) is 9.59 Å². The van der Waals surface area contributed by atoms with Gasteiger partial charge in [-0.25, -0.2) is 0 Å². The number of rotatable bonds is 5. The monoisotopic (exact) mass is 444 g/mol. The van der Waals surface area contributed by atoms with Gasteiger partial charge >= 0.3 is 0 Å². The summed E-state index contributed by atoms with van der Waals surface area (Å²) in [6, 6.07) is 15.0. The smallest absolute Gasteiger partial charge is 0.243 e. The molecule has 4 atom stereocenters. The Morgan fingerprint density at radius 2 is 1.58 bits per heavy atom. The van der Waals surface area contributed by atoms with Crippen LogP contribution in [0.25, 0.3) is 0 Å². The first kappa shape index (κ1) is 22.2. The minimum absolute atomic E-state index is 0.0982. The molecule has 0 aromatic heterocycles. The van der Waals surface area contributed by atoms with Gasteiger partial charge in [0, 0.05) is 12.7 Å². The molecule has 4 aliphatic rings. The predicted octanol–water partition coefficient (Wildman–Crippen LogP) is 5.55. The molecule has 2 aromatic rings. The maximum Gasteiger partial charge on any atom is 0.243 e. The van der Waals surface area contributed by atoms with Crippen LogP contribution in [0.1, 0.15) is 60.8 Å². The number of likely N-dealkylation sites (N-methyl/N-ethyl adjacent to an activating group) is 1. The molecule has 0 heterocycles. The molecule has 4 fully saturated rings. The molecule has 174 valence electrons. The highest BCUT2D eigenvalue weighted by Gasteiger charge is 2.61. The van der Waals surface area contributed by atoms with E-state index in [1.165, 1.54) is 30.4 Å². The number of nitrogens with one attached hydrogen (secondary N) is 1. The van der Waals surface area contributed by atoms with Crippen LogP contribution >= 0.6 is 0 Å². The molecule has 6 rings (SSSR count). The Morgan fingerprint density at radius 1 is 0.970 bits per heavy atom. The number of carbonyl (C=O) groups is 2. The molecule has 2 amide bonds. The Labute approximate surface area is 197 Å². The quantitative estimate of drug-likeness (QED) is 0.658. The van der Waals surface area contributed by atoms with Gasteiger partial charge in [0.05, 0.1) is 12.0 Å². The zero-order chi connectivity index (χ0) is 23.4. The molecule has 0 aliphatic heterocycles. The predicted molar refractivity (Wildman–Crippen MR) is 132 cm³/mol. The van der Waals surface area contributed by atoms with Crippen molar-refractivity contribution in [3.05, 3.63) is 64.7 Å². The van der Waals surface area contributed by atoms with Gasteiger partial charge in [0.1, 0.15) is 0 Å². The third-order valence-electron chi connectivity index (χ3n) is 8.57. The average Bonchev–Trinajstić information content (AvgIpc) is 2.75. The minimum atomic E-state index is -0.315. The van der Waals surface area contributed by atoms with E-state index in [0.29, 0.717) is 11.8 Å². The summed E-state index contributed by atoms with van der Waals surface area (Å²) in [6.45, 7) is 6.19. The molecule has 4 bridgehead atoms. The fourth-order valence-corrected chi connectivity index (χ4v) is 7.89. The van der Waals surface area contributed by atoms with Crippen molar-refractivity contribution in [3.8, 4) is 0 Å². The van der Waals surface area contributed by atoms with Crippen LogP contribution in [0.3, 0.4) is 0 Å². The van der Waals surface area contributed by atoms with Crippen molar-refractivity contribution >= 4 is 17.5 Å². The second-order valence-corrected chi connectivity index (χ2v) is 11.4. The van der Waals surface area contributed by atoms with Crippen molar-refractivity contribution in [2.24, 2.45) is 17.3 Å². The molecule has 4 nitrogen and oxygen atoms in total. The van der Waals surface area contributed by atoms with Crippen LogP contribution in [0.15, 0.2) is 42.5 Å². The topological polar surface area (TPSA) is 49.4 Å². The van der Waals surface area contributed by atoms with Gasteiger partial charge in [-0.1, -0.05) is 48.0 Å². The van der Waals surface area contributed by atoms with E-state index in [-0.39, 0.29) is 29.2 Å². The highest BCUT2D eigenvalue weighted by Crippen LogP contribution is 2.66. The summed E-state index contributed by atoms with van der Waals surface area (Å²) in [6.07, 6.45) is 6.58. The van der Waals surface area contributed by atoms with E-state index in [0.717, 1.165) is 36.1 Å². The number of hydrogen-bond acceptors (Lipinski definition) is 2. The van der Waals surface area contributed by atoms with Gasteiger partial charge in [-0.3, -0.25) is 9.59 Å². The van der Waals surface area contributed by atoms with Crippen LogP contribution in [0.4, 0.5) is 5.69 Å². The molecule has 0 spiro atoms. The van der Waals surface area contributed by atoms with Crippen LogP contribution in [0, 0.1) is 38.0 Å². The second-order valence-electron chi connectivity index (χ2n) is 11.4. The Kier molecular flexibility index (Phi) is 5.38. The van der Waals surface area contributed by atoms with Crippen molar-refractivity contribution in [3.63, 3.8) is 0 Å². The fraction of sp³-hybridized carbons (Fsp3) is 0.517. The molecule has 1 N–H and O–H groups in total. The Morgan fingerprint density at radius 3 is 2.18 bits per heavy atom. The summed E-state index contributed by atoms with van der Waals surface area (Å²) in [4.78, 5) is 28.5. The summed E-state index contributed by atoms with van der Waals surface area (Å²) < 4.78 is 0. The van der Waals surface area contributed by atoms with Crippen LogP contribution in [-0.4, -0.2) is 30.3 Å². The largest absolute Gasteiger partial charge is 0.336 e. The normalized spacial score (nSPS) is 29.7. The van der Waals surface area contributed by atoms with Crippen molar-refractivity contribution in [2.75, 3.05) is 18.9 Å². The SMILES string of the molecule is Cc1cc(C)c(NC(=O)CN(C)C(=O)C23C[C@H]4C[C@@H](C2)CC(c2ccccc2)(C4)C3)c(C)c1. The zero-order valence-electron chi connectivity index (χ0n) is 20.4.